The third-order valence-electron chi connectivity index (χ3n) is 4.89. The topological polar surface area (TPSA) is 78.8 Å². The first-order valence-corrected chi connectivity index (χ1v) is 10.5. The van der Waals surface area contributed by atoms with Gasteiger partial charge in [0.2, 0.25) is 5.91 Å². The maximum Gasteiger partial charge on any atom is 0.285 e. The molecule has 0 aliphatic carbocycles. The molecule has 6 nitrogen and oxygen atoms in total. The normalized spacial score (nSPS) is 20.3. The Morgan fingerprint density at radius 3 is 2.81 bits per heavy atom. The van der Waals surface area contributed by atoms with Crippen LogP contribution in [0.25, 0.3) is 0 Å². The Labute approximate surface area is 162 Å². The van der Waals surface area contributed by atoms with Gasteiger partial charge in [0.1, 0.15) is 10.9 Å². The van der Waals surface area contributed by atoms with Crippen molar-refractivity contribution in [2.24, 2.45) is 4.40 Å². The summed E-state index contributed by atoms with van der Waals surface area (Å²) >= 11 is 5.97. The van der Waals surface area contributed by atoms with Crippen LogP contribution in [0, 0.1) is 6.92 Å². The van der Waals surface area contributed by atoms with E-state index in [-0.39, 0.29) is 10.8 Å². The summed E-state index contributed by atoms with van der Waals surface area (Å²) in [7, 11) is -3.71. The fourth-order valence-corrected chi connectivity index (χ4v) is 5.02. The molecule has 0 radical (unpaired) electrons. The van der Waals surface area contributed by atoms with Crippen molar-refractivity contribution in [1.29, 1.82) is 0 Å². The van der Waals surface area contributed by atoms with E-state index in [0.717, 1.165) is 12.0 Å². The zero-order valence-corrected chi connectivity index (χ0v) is 16.2. The number of aryl methyl sites for hydroxylation is 1. The average molecular weight is 404 g/mol. The molecule has 2 aliphatic heterocycles. The highest BCUT2D eigenvalue weighted by atomic mass is 35.5. The van der Waals surface area contributed by atoms with Crippen LogP contribution in [0.1, 0.15) is 24.0 Å². The van der Waals surface area contributed by atoms with Gasteiger partial charge in [-0.05, 0) is 55.7 Å². The molecule has 2 aromatic carbocycles. The summed E-state index contributed by atoms with van der Waals surface area (Å²) in [5, 5.41) is 3.54. The number of nitrogens with one attached hydrogen (secondary N) is 1. The van der Waals surface area contributed by atoms with Gasteiger partial charge >= 0.3 is 0 Å². The highest BCUT2D eigenvalue weighted by molar-refractivity contribution is 7.90. The van der Waals surface area contributed by atoms with Crippen molar-refractivity contribution in [3.63, 3.8) is 0 Å². The summed E-state index contributed by atoms with van der Waals surface area (Å²) in [4.78, 5) is 14.9. The Morgan fingerprint density at radius 2 is 2.04 bits per heavy atom. The van der Waals surface area contributed by atoms with E-state index < -0.39 is 16.1 Å². The number of halogens is 1. The van der Waals surface area contributed by atoms with Crippen molar-refractivity contribution in [3.8, 4) is 0 Å². The van der Waals surface area contributed by atoms with E-state index in [1.165, 1.54) is 0 Å². The minimum Gasteiger partial charge on any atom is -0.343 e. The standard InChI is InChI=1S/C19H18ClN3O3S/c1-12-11-13(20)8-9-15(12)21-19(24)16-6-4-10-23(16)18-14-5-2-3-7-17(14)27(25,26)22-18/h2-3,5,7-9,11,16H,4,6,10H2,1H3,(H,21,24)/t16-/m0/s1. The third-order valence-corrected chi connectivity index (χ3v) is 6.45. The highest BCUT2D eigenvalue weighted by Crippen LogP contribution is 2.31. The number of nitrogens with zero attached hydrogens (tertiary/aromatic N) is 2. The molecule has 1 saturated heterocycles. The fraction of sp³-hybridized carbons (Fsp3) is 0.263. The first-order chi connectivity index (χ1) is 12.9. The summed E-state index contributed by atoms with van der Waals surface area (Å²) in [5.74, 6) is 0.179. The molecule has 0 bridgehead atoms. The smallest absolute Gasteiger partial charge is 0.285 e. The Bertz CT molecular complexity index is 1070. The highest BCUT2D eigenvalue weighted by Gasteiger charge is 2.39. The molecule has 2 heterocycles. The van der Waals surface area contributed by atoms with Gasteiger partial charge in [0, 0.05) is 22.8 Å². The van der Waals surface area contributed by atoms with Crippen LogP contribution in [0.3, 0.4) is 0 Å². The van der Waals surface area contributed by atoms with Crippen LogP contribution < -0.4 is 5.32 Å². The predicted molar refractivity (Wildman–Crippen MR) is 105 cm³/mol. The largest absolute Gasteiger partial charge is 0.343 e. The maximum atomic E-state index is 12.9. The molecule has 0 spiro atoms. The monoisotopic (exact) mass is 403 g/mol. The van der Waals surface area contributed by atoms with Gasteiger partial charge in [0.25, 0.3) is 10.0 Å². The lowest BCUT2D eigenvalue weighted by atomic mass is 10.1. The second-order valence-corrected chi connectivity index (χ2v) is 8.70. The Morgan fingerprint density at radius 1 is 1.26 bits per heavy atom. The zero-order valence-electron chi connectivity index (χ0n) is 14.6. The number of amides is 1. The van der Waals surface area contributed by atoms with E-state index in [4.69, 9.17) is 11.6 Å². The minimum absolute atomic E-state index is 0.178. The Balaban J connectivity index is 1.62. The molecule has 4 rings (SSSR count). The number of sulfonamides is 1. The lowest BCUT2D eigenvalue weighted by Gasteiger charge is -2.26. The molecular formula is C19H18ClN3O3S. The first-order valence-electron chi connectivity index (χ1n) is 8.65. The van der Waals surface area contributed by atoms with Gasteiger partial charge < -0.3 is 10.2 Å². The molecule has 0 saturated carbocycles. The quantitative estimate of drug-likeness (QED) is 0.835. The van der Waals surface area contributed by atoms with Crippen LogP contribution in [-0.4, -0.2) is 37.6 Å². The van der Waals surface area contributed by atoms with E-state index in [9.17, 15) is 13.2 Å². The molecule has 1 atom stereocenters. The number of likely N-dealkylation sites (tertiary alicyclic amines) is 1. The summed E-state index contributed by atoms with van der Waals surface area (Å²) in [6, 6.07) is 11.5. The van der Waals surface area contributed by atoms with Gasteiger partial charge in [0.15, 0.2) is 5.84 Å². The van der Waals surface area contributed by atoms with E-state index in [0.29, 0.717) is 35.1 Å². The maximum absolute atomic E-state index is 12.9. The van der Waals surface area contributed by atoms with Gasteiger partial charge in [-0.15, -0.1) is 4.40 Å². The molecule has 2 aliphatic rings. The van der Waals surface area contributed by atoms with Crippen LogP contribution in [0.5, 0.6) is 0 Å². The number of hydrogen-bond donors (Lipinski definition) is 1. The number of anilines is 1. The van der Waals surface area contributed by atoms with Crippen LogP contribution in [0.4, 0.5) is 5.69 Å². The number of fused-ring (bicyclic) bond motifs is 1. The molecular weight excluding hydrogens is 386 g/mol. The van der Waals surface area contributed by atoms with E-state index in [2.05, 4.69) is 9.71 Å². The molecule has 140 valence electrons. The number of hydrogen-bond acceptors (Lipinski definition) is 4. The molecule has 1 N–H and O–H groups in total. The van der Waals surface area contributed by atoms with Gasteiger partial charge in [-0.3, -0.25) is 4.79 Å². The lowest BCUT2D eigenvalue weighted by Crippen LogP contribution is -2.43. The second kappa shape index (κ2) is 6.65. The molecule has 0 unspecified atom stereocenters. The second-order valence-electron chi connectivity index (χ2n) is 6.69. The summed E-state index contributed by atoms with van der Waals surface area (Å²) in [6.07, 6.45) is 1.43. The lowest BCUT2D eigenvalue weighted by molar-refractivity contribution is -0.119. The van der Waals surface area contributed by atoms with Gasteiger partial charge in [0.05, 0.1) is 0 Å². The SMILES string of the molecule is Cc1cc(Cl)ccc1NC(=O)[C@@H]1CCCN1C1=NS(=O)(=O)c2ccccc21. The van der Waals surface area contributed by atoms with Crippen molar-refractivity contribution in [2.75, 3.05) is 11.9 Å². The average Bonchev–Trinajstić information content (AvgIpc) is 3.21. The predicted octanol–water partition coefficient (Wildman–Crippen LogP) is 3.20. The molecule has 27 heavy (non-hydrogen) atoms. The summed E-state index contributed by atoms with van der Waals surface area (Å²) in [6.45, 7) is 2.46. The number of rotatable bonds is 2. The summed E-state index contributed by atoms with van der Waals surface area (Å²) in [5.41, 5.74) is 2.11. The van der Waals surface area contributed by atoms with E-state index in [1.807, 2.05) is 6.92 Å². The molecule has 0 aromatic heterocycles. The molecule has 1 fully saturated rings. The van der Waals surface area contributed by atoms with Crippen LogP contribution in [0.15, 0.2) is 51.8 Å². The van der Waals surface area contributed by atoms with E-state index >= 15 is 0 Å². The number of amidine groups is 1. The Kier molecular flexibility index (Phi) is 4.44. The Hall–Kier alpha value is -2.38. The van der Waals surface area contributed by atoms with E-state index in [1.54, 1.807) is 47.4 Å². The molecule has 1 amide bonds. The zero-order chi connectivity index (χ0) is 19.2. The first kappa shape index (κ1) is 18.0. The van der Waals surface area contributed by atoms with Gasteiger partial charge in [-0.25, -0.2) is 0 Å². The number of carbonyl (C=O) groups excluding carboxylic acids is 1. The van der Waals surface area contributed by atoms with Crippen LogP contribution in [0.2, 0.25) is 5.02 Å². The number of carbonyl (C=O) groups is 1. The van der Waals surface area contributed by atoms with Crippen molar-refractivity contribution in [2.45, 2.75) is 30.7 Å². The molecule has 8 heteroatoms. The van der Waals surface area contributed by atoms with Gasteiger partial charge in [-0.2, -0.15) is 8.42 Å². The minimum atomic E-state index is -3.71. The summed E-state index contributed by atoms with van der Waals surface area (Å²) < 4.78 is 28.6. The number of benzene rings is 2. The van der Waals surface area contributed by atoms with Gasteiger partial charge in [-0.1, -0.05) is 23.7 Å². The van der Waals surface area contributed by atoms with Crippen LogP contribution in [-0.2, 0) is 14.8 Å². The van der Waals surface area contributed by atoms with Crippen molar-refractivity contribution < 1.29 is 13.2 Å². The van der Waals surface area contributed by atoms with Crippen molar-refractivity contribution in [3.05, 3.63) is 58.6 Å². The van der Waals surface area contributed by atoms with Crippen molar-refractivity contribution in [1.82, 2.24) is 4.90 Å². The van der Waals surface area contributed by atoms with Crippen LogP contribution >= 0.6 is 11.6 Å². The van der Waals surface area contributed by atoms with Crippen molar-refractivity contribution >= 4 is 39.1 Å². The fourth-order valence-electron chi connectivity index (χ4n) is 3.57. The third kappa shape index (κ3) is 3.21. The molecule has 2 aromatic rings.